The molecule has 0 saturated heterocycles. The number of amides is 2. The van der Waals surface area contributed by atoms with Crippen LogP contribution in [0.15, 0.2) is 132 Å². The SMILES string of the molecule is C/C(=N/O)[C@@H]1C(=O)Nc2ccc3ccccc3c2[C@H]1c1cccc([N+](=O)[O-])c1.C/C(=N/O)[C@@H]1C(=O)Nc2ccc3ccccc3c2[C@H]1c1cccc([N+](=O)[O-])c1.CC(C)=O. The number of nitro benzene ring substituents is 2. The number of carbonyl (C=O) groups is 3. The van der Waals surface area contributed by atoms with Crippen LogP contribution in [0.3, 0.4) is 0 Å². The molecule has 0 aliphatic carbocycles. The van der Waals surface area contributed by atoms with Gasteiger partial charge in [-0.15, -0.1) is 0 Å². The average molecular weight is 809 g/mol. The van der Waals surface area contributed by atoms with E-state index in [9.17, 15) is 45.0 Å². The summed E-state index contributed by atoms with van der Waals surface area (Å²) >= 11 is 0. The molecule has 2 amide bonds. The van der Waals surface area contributed by atoms with Gasteiger partial charge in [0.25, 0.3) is 11.4 Å². The van der Waals surface area contributed by atoms with Crippen LogP contribution in [0.2, 0.25) is 0 Å². The molecule has 2 aliphatic heterocycles. The molecule has 0 fully saturated rings. The minimum Gasteiger partial charge on any atom is -0.411 e. The normalized spacial score (nSPS) is 18.3. The highest BCUT2D eigenvalue weighted by atomic mass is 16.6. The molecule has 2 heterocycles. The molecule has 6 aromatic carbocycles. The summed E-state index contributed by atoms with van der Waals surface area (Å²) in [6, 6.07) is 35.6. The van der Waals surface area contributed by atoms with Crippen LogP contribution in [0.25, 0.3) is 21.5 Å². The molecule has 0 radical (unpaired) electrons. The van der Waals surface area contributed by atoms with Gasteiger partial charge in [-0.05, 0) is 83.6 Å². The molecule has 0 spiro atoms. The number of Topliss-reactive ketones (excluding diaryl/α,β-unsaturated/α-hetero) is 1. The number of nitrogens with one attached hydrogen (secondary N) is 2. The molecule has 304 valence electrons. The van der Waals surface area contributed by atoms with E-state index in [-0.39, 0.29) is 40.4 Å². The highest BCUT2D eigenvalue weighted by molar-refractivity contribution is 6.14. The molecule has 15 heteroatoms. The molecule has 0 bridgehead atoms. The first-order valence-electron chi connectivity index (χ1n) is 18.7. The zero-order valence-corrected chi connectivity index (χ0v) is 32.9. The van der Waals surface area contributed by atoms with Crippen LogP contribution in [0, 0.1) is 32.1 Å². The number of rotatable bonds is 6. The van der Waals surface area contributed by atoms with E-state index >= 15 is 0 Å². The summed E-state index contributed by atoms with van der Waals surface area (Å²) in [6.07, 6.45) is 0. The fourth-order valence-electron chi connectivity index (χ4n) is 7.90. The third-order valence-electron chi connectivity index (χ3n) is 10.4. The molecule has 4 N–H and O–H groups in total. The van der Waals surface area contributed by atoms with Crippen molar-refractivity contribution in [1.82, 2.24) is 0 Å². The Balaban J connectivity index is 0.000000185. The zero-order chi connectivity index (χ0) is 43.2. The van der Waals surface area contributed by atoms with Crippen molar-refractivity contribution in [2.75, 3.05) is 10.6 Å². The summed E-state index contributed by atoms with van der Waals surface area (Å²) in [5, 5.41) is 57.5. The maximum Gasteiger partial charge on any atom is 0.269 e. The number of anilines is 2. The monoisotopic (exact) mass is 808 g/mol. The lowest BCUT2D eigenvalue weighted by Gasteiger charge is -2.34. The summed E-state index contributed by atoms with van der Waals surface area (Å²) in [5.41, 5.74) is 4.64. The van der Waals surface area contributed by atoms with Crippen molar-refractivity contribution in [1.29, 1.82) is 0 Å². The van der Waals surface area contributed by atoms with Crippen molar-refractivity contribution in [2.24, 2.45) is 22.1 Å². The van der Waals surface area contributed by atoms with Crippen LogP contribution in [-0.2, 0) is 14.4 Å². The van der Waals surface area contributed by atoms with Crippen molar-refractivity contribution < 1.29 is 34.6 Å². The number of hydrogen-bond donors (Lipinski definition) is 4. The highest BCUT2D eigenvalue weighted by Crippen LogP contribution is 2.47. The van der Waals surface area contributed by atoms with Crippen molar-refractivity contribution in [3.8, 4) is 0 Å². The van der Waals surface area contributed by atoms with E-state index in [2.05, 4.69) is 20.9 Å². The minimum absolute atomic E-state index is 0.0531. The first-order valence-corrected chi connectivity index (χ1v) is 18.7. The fraction of sp³-hybridized carbons (Fsp3) is 0.178. The molecular formula is C45H40N6O9. The second-order valence-corrected chi connectivity index (χ2v) is 14.5. The number of fused-ring (bicyclic) bond motifs is 6. The van der Waals surface area contributed by atoms with Gasteiger partial charge in [0.1, 0.15) is 5.78 Å². The second kappa shape index (κ2) is 17.8. The topological polar surface area (TPSA) is 227 Å². The lowest BCUT2D eigenvalue weighted by atomic mass is 9.73. The van der Waals surface area contributed by atoms with Gasteiger partial charge in [-0.2, -0.15) is 0 Å². The molecule has 8 rings (SSSR count). The molecule has 6 aromatic rings. The molecular weight excluding hydrogens is 769 g/mol. The number of benzene rings is 6. The van der Waals surface area contributed by atoms with Gasteiger partial charge in [-0.1, -0.05) is 95.2 Å². The molecule has 0 unspecified atom stereocenters. The second-order valence-electron chi connectivity index (χ2n) is 14.5. The predicted octanol–water partition coefficient (Wildman–Crippen LogP) is 9.19. The van der Waals surface area contributed by atoms with E-state index in [1.165, 1.54) is 38.1 Å². The molecule has 2 aliphatic rings. The lowest BCUT2D eigenvalue weighted by molar-refractivity contribution is -0.385. The summed E-state index contributed by atoms with van der Waals surface area (Å²) in [7, 11) is 0. The summed E-state index contributed by atoms with van der Waals surface area (Å²) in [6.45, 7) is 6.20. The average Bonchev–Trinajstić information content (AvgIpc) is 3.24. The van der Waals surface area contributed by atoms with Gasteiger partial charge in [0, 0.05) is 47.5 Å². The number of oxime groups is 2. The Kier molecular flexibility index (Phi) is 12.4. The Bertz CT molecular complexity index is 2560. The van der Waals surface area contributed by atoms with Crippen LogP contribution >= 0.6 is 0 Å². The molecule has 60 heavy (non-hydrogen) atoms. The summed E-state index contributed by atoms with van der Waals surface area (Å²) < 4.78 is 0. The van der Waals surface area contributed by atoms with Crippen LogP contribution in [0.1, 0.15) is 61.8 Å². The van der Waals surface area contributed by atoms with Crippen LogP contribution in [0.5, 0.6) is 0 Å². The fourth-order valence-corrected chi connectivity index (χ4v) is 7.90. The molecule has 0 saturated carbocycles. The van der Waals surface area contributed by atoms with Crippen molar-refractivity contribution in [3.05, 3.63) is 164 Å². The number of nitro groups is 2. The smallest absolute Gasteiger partial charge is 0.269 e. The van der Waals surface area contributed by atoms with Gasteiger partial charge >= 0.3 is 0 Å². The first kappa shape index (κ1) is 41.8. The maximum absolute atomic E-state index is 12.9. The van der Waals surface area contributed by atoms with E-state index in [0.29, 0.717) is 22.5 Å². The number of ketones is 1. The van der Waals surface area contributed by atoms with E-state index in [0.717, 1.165) is 32.7 Å². The van der Waals surface area contributed by atoms with Crippen LogP contribution in [0.4, 0.5) is 22.7 Å². The van der Waals surface area contributed by atoms with Gasteiger partial charge < -0.3 is 25.8 Å². The number of nitrogens with zero attached hydrogens (tertiary/aromatic N) is 4. The molecule has 4 atom stereocenters. The largest absolute Gasteiger partial charge is 0.411 e. The third-order valence-corrected chi connectivity index (χ3v) is 10.4. The van der Waals surface area contributed by atoms with Crippen LogP contribution in [-0.4, -0.2) is 49.3 Å². The Morgan fingerprint density at radius 2 is 0.933 bits per heavy atom. The van der Waals surface area contributed by atoms with Crippen LogP contribution < -0.4 is 10.6 Å². The number of non-ortho nitro benzene ring substituents is 2. The minimum atomic E-state index is -0.787. The maximum atomic E-state index is 12.9. The van der Waals surface area contributed by atoms with Gasteiger partial charge in [0.2, 0.25) is 11.8 Å². The van der Waals surface area contributed by atoms with Gasteiger partial charge in [-0.25, -0.2) is 0 Å². The first-order chi connectivity index (χ1) is 28.7. The van der Waals surface area contributed by atoms with E-state index < -0.39 is 33.5 Å². The van der Waals surface area contributed by atoms with Crippen molar-refractivity contribution in [2.45, 2.75) is 39.5 Å². The van der Waals surface area contributed by atoms with Crippen molar-refractivity contribution in [3.63, 3.8) is 0 Å². The Labute approximate surface area is 343 Å². The zero-order valence-electron chi connectivity index (χ0n) is 32.9. The van der Waals surface area contributed by atoms with Gasteiger partial charge in [0.05, 0.1) is 33.1 Å². The highest BCUT2D eigenvalue weighted by Gasteiger charge is 2.42. The number of carbonyl (C=O) groups excluding carboxylic acids is 3. The summed E-state index contributed by atoms with van der Waals surface area (Å²) in [5.74, 6) is -3.07. The number of hydrogen-bond acceptors (Lipinski definition) is 11. The van der Waals surface area contributed by atoms with Crippen molar-refractivity contribution >= 4 is 73.3 Å². The van der Waals surface area contributed by atoms with E-state index in [1.807, 2.05) is 72.8 Å². The lowest BCUT2D eigenvalue weighted by Crippen LogP contribution is -2.38. The molecule has 0 aromatic heterocycles. The quantitative estimate of drug-likeness (QED) is 0.0543. The third kappa shape index (κ3) is 8.41. The summed E-state index contributed by atoms with van der Waals surface area (Å²) in [4.78, 5) is 56.8. The van der Waals surface area contributed by atoms with Gasteiger partial charge in [-0.3, -0.25) is 29.8 Å². The Morgan fingerprint density at radius 1 is 0.567 bits per heavy atom. The van der Waals surface area contributed by atoms with Gasteiger partial charge in [0.15, 0.2) is 0 Å². The Morgan fingerprint density at radius 3 is 1.28 bits per heavy atom. The predicted molar refractivity (Wildman–Crippen MR) is 228 cm³/mol. The molecule has 15 nitrogen and oxygen atoms in total. The Hall–Kier alpha value is -7.81. The van der Waals surface area contributed by atoms with E-state index in [1.54, 1.807) is 38.1 Å². The van der Waals surface area contributed by atoms with E-state index in [4.69, 9.17) is 0 Å². The standard InChI is InChI=1S/2C21H17N3O4.C3H6O/c2*1-12(23-26)18-19(14-6-4-7-15(11-14)24(27)28)20-16-8-3-2-5-13(16)9-10-17(20)22-21(18)25;1-3(2)4/h2*2-11,18-19,26H,1H3,(H,22,25);1-2H3/b2*23-12-;/t2*18-,19-;/m00./s1.